The van der Waals surface area contributed by atoms with Gasteiger partial charge in [-0.2, -0.15) is 0 Å². The van der Waals surface area contributed by atoms with Crippen LogP contribution in [-0.4, -0.2) is 45.2 Å². The van der Waals surface area contributed by atoms with E-state index < -0.39 is 0 Å². The van der Waals surface area contributed by atoms with Gasteiger partial charge in [0.25, 0.3) is 5.91 Å². The molecule has 5 heteroatoms. The summed E-state index contributed by atoms with van der Waals surface area (Å²) in [5.41, 5.74) is 2.65. The molecule has 1 fully saturated rings. The van der Waals surface area contributed by atoms with Crippen molar-refractivity contribution in [2.75, 3.05) is 49.5 Å². The number of likely N-dealkylation sites (N-methyl/N-ethyl adjacent to an activating group) is 1. The van der Waals surface area contributed by atoms with Gasteiger partial charge in [0.15, 0.2) is 0 Å². The summed E-state index contributed by atoms with van der Waals surface area (Å²) in [5, 5.41) is 2.95. The highest BCUT2D eigenvalue weighted by Gasteiger charge is 2.18. The number of anilines is 2. The van der Waals surface area contributed by atoms with Crippen molar-refractivity contribution < 1.29 is 14.4 Å². The summed E-state index contributed by atoms with van der Waals surface area (Å²) in [7, 11) is 0. The number of nitrogens with one attached hydrogen (secondary N) is 2. The first-order chi connectivity index (χ1) is 12.7. The van der Waals surface area contributed by atoms with E-state index in [4.69, 9.17) is 4.74 Å². The summed E-state index contributed by atoms with van der Waals surface area (Å²) in [6.07, 6.45) is 0. The van der Waals surface area contributed by atoms with E-state index in [-0.39, 0.29) is 5.91 Å². The van der Waals surface area contributed by atoms with Gasteiger partial charge in [-0.15, -0.1) is 0 Å². The van der Waals surface area contributed by atoms with Gasteiger partial charge in [0, 0.05) is 16.9 Å². The van der Waals surface area contributed by atoms with Crippen LogP contribution in [0.5, 0.6) is 5.75 Å². The number of hydrogen-bond donors (Lipinski definition) is 2. The third-order valence-corrected chi connectivity index (χ3v) is 4.89. The van der Waals surface area contributed by atoms with Crippen LogP contribution in [0.3, 0.4) is 0 Å². The monoisotopic (exact) mass is 354 g/mol. The molecule has 0 saturated carbocycles. The lowest BCUT2D eigenvalue weighted by atomic mass is 10.2. The fraction of sp³-hybridized carbons (Fsp3) is 0.381. The van der Waals surface area contributed by atoms with Crippen molar-refractivity contribution in [2.45, 2.75) is 13.8 Å². The van der Waals surface area contributed by atoms with Crippen molar-refractivity contribution in [1.82, 2.24) is 0 Å². The average molecular weight is 354 g/mol. The Morgan fingerprint density at radius 3 is 2.27 bits per heavy atom. The summed E-state index contributed by atoms with van der Waals surface area (Å²) in [6.45, 7) is 10.5. The van der Waals surface area contributed by atoms with Crippen molar-refractivity contribution in [1.29, 1.82) is 0 Å². The van der Waals surface area contributed by atoms with Crippen molar-refractivity contribution in [3.8, 4) is 5.75 Å². The average Bonchev–Trinajstić information content (AvgIpc) is 2.69. The van der Waals surface area contributed by atoms with E-state index in [0.717, 1.165) is 24.5 Å². The Labute approximate surface area is 155 Å². The molecule has 0 spiro atoms. The highest BCUT2D eigenvalue weighted by atomic mass is 16.5. The molecule has 0 unspecified atom stereocenters. The second-order valence-electron chi connectivity index (χ2n) is 6.55. The van der Waals surface area contributed by atoms with Crippen LogP contribution in [-0.2, 0) is 0 Å². The number of ether oxygens (including phenoxy) is 1. The van der Waals surface area contributed by atoms with E-state index >= 15 is 0 Å². The number of piperazine rings is 1. The summed E-state index contributed by atoms with van der Waals surface area (Å²) >= 11 is 0. The Balaban J connectivity index is 1.57. The second-order valence-corrected chi connectivity index (χ2v) is 6.55. The summed E-state index contributed by atoms with van der Waals surface area (Å²) in [6, 6.07) is 15.3. The molecule has 1 heterocycles. The van der Waals surface area contributed by atoms with Crippen molar-refractivity contribution in [3.05, 3.63) is 54.1 Å². The first-order valence-corrected chi connectivity index (χ1v) is 9.42. The Hall–Kier alpha value is -2.53. The van der Waals surface area contributed by atoms with Gasteiger partial charge in [-0.05, 0) is 62.4 Å². The number of quaternary nitrogens is 1. The molecule has 1 aliphatic rings. The zero-order valence-corrected chi connectivity index (χ0v) is 15.6. The zero-order valence-electron chi connectivity index (χ0n) is 15.6. The number of amides is 1. The van der Waals surface area contributed by atoms with E-state index in [0.29, 0.717) is 12.2 Å². The first-order valence-electron chi connectivity index (χ1n) is 9.42. The standard InChI is InChI=1S/C21H27N3O2/c1-3-23-13-15-24(16-14-23)19-9-7-18(8-10-19)22-21(25)17-5-11-20(12-6-17)26-4-2/h5-12H,3-4,13-16H2,1-2H3,(H,22,25)/p+1. The van der Waals surface area contributed by atoms with E-state index in [2.05, 4.69) is 29.3 Å². The first kappa shape index (κ1) is 18.3. The van der Waals surface area contributed by atoms with Crippen molar-refractivity contribution in [3.63, 3.8) is 0 Å². The van der Waals surface area contributed by atoms with E-state index in [1.54, 1.807) is 17.0 Å². The molecule has 2 N–H and O–H groups in total. The van der Waals surface area contributed by atoms with Gasteiger partial charge in [0.2, 0.25) is 0 Å². The van der Waals surface area contributed by atoms with Crippen molar-refractivity contribution >= 4 is 17.3 Å². The van der Waals surface area contributed by atoms with Gasteiger partial charge in [-0.3, -0.25) is 4.79 Å². The van der Waals surface area contributed by atoms with E-state index in [1.807, 2.05) is 31.2 Å². The lowest BCUT2D eigenvalue weighted by Gasteiger charge is -2.33. The molecule has 1 saturated heterocycles. The maximum atomic E-state index is 12.4. The fourth-order valence-electron chi connectivity index (χ4n) is 3.26. The number of carbonyl (C=O) groups excluding carboxylic acids is 1. The third kappa shape index (κ3) is 4.55. The van der Waals surface area contributed by atoms with Gasteiger partial charge >= 0.3 is 0 Å². The summed E-state index contributed by atoms with van der Waals surface area (Å²) < 4.78 is 5.41. The summed E-state index contributed by atoms with van der Waals surface area (Å²) in [4.78, 5) is 16.5. The quantitative estimate of drug-likeness (QED) is 0.835. The molecule has 26 heavy (non-hydrogen) atoms. The number of carbonyl (C=O) groups is 1. The number of benzene rings is 2. The van der Waals surface area contributed by atoms with Crippen LogP contribution in [0.1, 0.15) is 24.2 Å². The lowest BCUT2D eigenvalue weighted by molar-refractivity contribution is -0.898. The Bertz CT molecular complexity index is 705. The third-order valence-electron chi connectivity index (χ3n) is 4.89. The minimum absolute atomic E-state index is 0.110. The van der Waals surface area contributed by atoms with Crippen LogP contribution in [0.2, 0.25) is 0 Å². The number of rotatable bonds is 6. The number of hydrogen-bond acceptors (Lipinski definition) is 3. The molecule has 0 aromatic heterocycles. The minimum atomic E-state index is -0.110. The van der Waals surface area contributed by atoms with Crippen LogP contribution in [0.25, 0.3) is 0 Å². The molecule has 5 nitrogen and oxygen atoms in total. The number of nitrogens with zero attached hydrogens (tertiary/aromatic N) is 1. The highest BCUT2D eigenvalue weighted by Crippen LogP contribution is 2.19. The van der Waals surface area contributed by atoms with Gasteiger partial charge in [-0.25, -0.2) is 0 Å². The smallest absolute Gasteiger partial charge is 0.255 e. The Morgan fingerprint density at radius 2 is 1.69 bits per heavy atom. The molecule has 0 atom stereocenters. The summed E-state index contributed by atoms with van der Waals surface area (Å²) in [5.74, 6) is 0.666. The van der Waals surface area contributed by atoms with E-state index in [9.17, 15) is 4.79 Å². The molecular formula is C21H28N3O2+. The SMILES string of the molecule is CCOc1ccc(C(=O)Nc2ccc(N3CC[NH+](CC)CC3)cc2)cc1. The molecule has 1 aliphatic heterocycles. The predicted octanol–water partition coefficient (Wildman–Crippen LogP) is 2.06. The molecule has 0 aliphatic carbocycles. The van der Waals surface area contributed by atoms with E-state index in [1.165, 1.54) is 25.3 Å². The van der Waals surface area contributed by atoms with Crippen LogP contribution in [0, 0.1) is 0 Å². The van der Waals surface area contributed by atoms with Crippen LogP contribution in [0.15, 0.2) is 48.5 Å². The van der Waals surface area contributed by atoms with Crippen LogP contribution in [0.4, 0.5) is 11.4 Å². The maximum absolute atomic E-state index is 12.4. The zero-order chi connectivity index (χ0) is 18.4. The fourth-order valence-corrected chi connectivity index (χ4v) is 3.26. The molecular weight excluding hydrogens is 326 g/mol. The molecule has 0 radical (unpaired) electrons. The van der Waals surface area contributed by atoms with Crippen molar-refractivity contribution in [2.24, 2.45) is 0 Å². The van der Waals surface area contributed by atoms with Gasteiger partial charge in [-0.1, -0.05) is 0 Å². The topological polar surface area (TPSA) is 46.0 Å². The molecule has 1 amide bonds. The van der Waals surface area contributed by atoms with Crippen LogP contribution < -0.4 is 19.9 Å². The second kappa shape index (κ2) is 8.72. The molecule has 138 valence electrons. The minimum Gasteiger partial charge on any atom is -0.494 e. The molecule has 2 aromatic carbocycles. The van der Waals surface area contributed by atoms with Gasteiger partial charge in [0.1, 0.15) is 5.75 Å². The predicted molar refractivity (Wildman–Crippen MR) is 105 cm³/mol. The normalized spacial score (nSPS) is 14.9. The largest absolute Gasteiger partial charge is 0.494 e. The highest BCUT2D eigenvalue weighted by molar-refractivity contribution is 6.04. The lowest BCUT2D eigenvalue weighted by Crippen LogP contribution is -3.14. The maximum Gasteiger partial charge on any atom is 0.255 e. The molecule has 0 bridgehead atoms. The Morgan fingerprint density at radius 1 is 1.04 bits per heavy atom. The molecule has 3 rings (SSSR count). The van der Waals surface area contributed by atoms with Gasteiger partial charge in [0.05, 0.1) is 39.3 Å². The molecule has 2 aromatic rings. The Kier molecular flexibility index (Phi) is 6.12. The van der Waals surface area contributed by atoms with Crippen LogP contribution >= 0.6 is 0 Å². The van der Waals surface area contributed by atoms with Gasteiger partial charge < -0.3 is 19.9 Å².